The molecular weight excluding hydrogens is 491 g/mol. The third-order valence-corrected chi connectivity index (χ3v) is 4.49. The van der Waals surface area contributed by atoms with Crippen LogP contribution in [0.4, 0.5) is 0 Å². The molecule has 0 unspecified atom stereocenters. The van der Waals surface area contributed by atoms with Gasteiger partial charge in [0.1, 0.15) is 24.7 Å². The zero-order chi connectivity index (χ0) is 19.6. The molecule has 7 nitrogen and oxygen atoms in total. The van der Waals surface area contributed by atoms with Gasteiger partial charge in [-0.25, -0.2) is 4.99 Å². The topological polar surface area (TPSA) is 67.6 Å². The van der Waals surface area contributed by atoms with E-state index in [1.807, 2.05) is 49.9 Å². The van der Waals surface area contributed by atoms with Gasteiger partial charge in [-0.15, -0.1) is 34.2 Å². The number of hydrogen-bond donors (Lipinski definition) is 1. The van der Waals surface area contributed by atoms with E-state index >= 15 is 0 Å². The number of benzene rings is 1. The quantitative estimate of drug-likeness (QED) is 0.237. The van der Waals surface area contributed by atoms with Crippen molar-refractivity contribution in [2.24, 2.45) is 12.0 Å². The number of ether oxygens (including phenoxy) is 1. The van der Waals surface area contributed by atoms with Gasteiger partial charge in [0.25, 0.3) is 0 Å². The van der Waals surface area contributed by atoms with Crippen LogP contribution < -0.4 is 10.1 Å². The summed E-state index contributed by atoms with van der Waals surface area (Å²) in [7, 11) is 3.96. The summed E-state index contributed by atoms with van der Waals surface area (Å²) < 4.78 is 7.74. The molecule has 0 spiro atoms. The zero-order valence-corrected chi connectivity index (χ0v) is 20.1. The van der Waals surface area contributed by atoms with Gasteiger partial charge in [-0.05, 0) is 37.6 Å². The second-order valence-corrected chi connectivity index (χ2v) is 6.80. The predicted octanol–water partition coefficient (Wildman–Crippen LogP) is 3.65. The SMILES string of the molecule is CCCCNC(=NCc1nnc(C)n1C)N(C)CCOc1ccc(Cl)cc1.I. The van der Waals surface area contributed by atoms with Crippen molar-refractivity contribution in [1.29, 1.82) is 0 Å². The number of likely N-dealkylation sites (N-methyl/N-ethyl adjacent to an activating group) is 1. The molecule has 0 bridgehead atoms. The molecule has 1 aromatic carbocycles. The first-order valence-corrected chi connectivity index (χ1v) is 9.61. The zero-order valence-electron chi connectivity index (χ0n) is 17.0. The first-order chi connectivity index (χ1) is 13.0. The van der Waals surface area contributed by atoms with Crippen molar-refractivity contribution in [3.05, 3.63) is 40.9 Å². The fraction of sp³-hybridized carbons (Fsp3) is 0.526. The molecule has 156 valence electrons. The van der Waals surface area contributed by atoms with Gasteiger partial charge in [-0.1, -0.05) is 24.9 Å². The molecule has 0 atom stereocenters. The Morgan fingerprint density at radius 1 is 1.29 bits per heavy atom. The normalized spacial score (nSPS) is 11.1. The van der Waals surface area contributed by atoms with Crippen LogP contribution in [0.2, 0.25) is 5.02 Å². The van der Waals surface area contributed by atoms with Gasteiger partial charge in [0.15, 0.2) is 11.8 Å². The number of halogens is 2. The van der Waals surface area contributed by atoms with E-state index in [9.17, 15) is 0 Å². The average Bonchev–Trinajstić information content (AvgIpc) is 2.98. The number of nitrogens with zero attached hydrogens (tertiary/aromatic N) is 5. The molecule has 0 aliphatic heterocycles. The van der Waals surface area contributed by atoms with Gasteiger partial charge in [-0.3, -0.25) is 0 Å². The summed E-state index contributed by atoms with van der Waals surface area (Å²) in [5.74, 6) is 3.36. The number of rotatable bonds is 9. The molecule has 9 heteroatoms. The fourth-order valence-corrected chi connectivity index (χ4v) is 2.49. The van der Waals surface area contributed by atoms with Gasteiger partial charge >= 0.3 is 0 Å². The van der Waals surface area contributed by atoms with E-state index in [1.165, 1.54) is 0 Å². The Kier molecular flexibility index (Phi) is 11.2. The van der Waals surface area contributed by atoms with Gasteiger partial charge in [0, 0.05) is 25.7 Å². The molecule has 0 aliphatic carbocycles. The summed E-state index contributed by atoms with van der Waals surface area (Å²) in [5, 5.41) is 12.4. The monoisotopic (exact) mass is 520 g/mol. The van der Waals surface area contributed by atoms with E-state index in [1.54, 1.807) is 0 Å². The van der Waals surface area contributed by atoms with Gasteiger partial charge < -0.3 is 19.5 Å². The molecule has 1 heterocycles. The Morgan fingerprint density at radius 3 is 2.61 bits per heavy atom. The van der Waals surface area contributed by atoms with Crippen molar-refractivity contribution in [3.63, 3.8) is 0 Å². The number of hydrogen-bond acceptors (Lipinski definition) is 4. The lowest BCUT2D eigenvalue weighted by molar-refractivity contribution is 0.281. The summed E-state index contributed by atoms with van der Waals surface area (Å²) >= 11 is 5.90. The highest BCUT2D eigenvalue weighted by Gasteiger charge is 2.09. The van der Waals surface area contributed by atoms with Crippen molar-refractivity contribution in [1.82, 2.24) is 25.0 Å². The van der Waals surface area contributed by atoms with Crippen LogP contribution in [0.5, 0.6) is 5.75 Å². The number of aliphatic imine (C=N–C) groups is 1. The standard InChI is InChI=1S/C19H29ClN6O.HI/c1-5-6-11-21-19(22-14-18-24-23-15(2)26(18)4)25(3)12-13-27-17-9-7-16(20)8-10-17;/h7-10H,5-6,11-14H2,1-4H3,(H,21,22);1H. The van der Waals surface area contributed by atoms with E-state index in [-0.39, 0.29) is 24.0 Å². The molecule has 0 saturated carbocycles. The van der Waals surface area contributed by atoms with Crippen LogP contribution in [0, 0.1) is 6.92 Å². The fourth-order valence-electron chi connectivity index (χ4n) is 2.36. The molecule has 28 heavy (non-hydrogen) atoms. The highest BCUT2D eigenvalue weighted by Crippen LogP contribution is 2.15. The Morgan fingerprint density at radius 2 is 2.00 bits per heavy atom. The maximum Gasteiger partial charge on any atom is 0.194 e. The van der Waals surface area contributed by atoms with Crippen LogP contribution in [0.3, 0.4) is 0 Å². The van der Waals surface area contributed by atoms with Crippen LogP contribution in [0.1, 0.15) is 31.4 Å². The second kappa shape index (κ2) is 12.8. The Bertz CT molecular complexity index is 735. The number of guanidine groups is 1. The maximum atomic E-state index is 5.90. The summed E-state index contributed by atoms with van der Waals surface area (Å²) in [6.45, 7) is 6.73. The van der Waals surface area contributed by atoms with Gasteiger partial charge in [0.05, 0.1) is 6.54 Å². The Labute approximate surface area is 189 Å². The van der Waals surface area contributed by atoms with Crippen LogP contribution in [-0.4, -0.2) is 52.4 Å². The van der Waals surface area contributed by atoms with E-state index in [0.29, 0.717) is 24.7 Å². The third-order valence-electron chi connectivity index (χ3n) is 4.24. The van der Waals surface area contributed by atoms with Crippen LogP contribution in [-0.2, 0) is 13.6 Å². The molecule has 1 N–H and O–H groups in total. The molecule has 1 aromatic heterocycles. The smallest absolute Gasteiger partial charge is 0.194 e. The van der Waals surface area contributed by atoms with E-state index in [2.05, 4.69) is 27.3 Å². The lowest BCUT2D eigenvalue weighted by Crippen LogP contribution is -2.41. The number of aryl methyl sites for hydroxylation is 1. The molecule has 0 fully saturated rings. The Hall–Kier alpha value is -1.55. The number of unbranched alkanes of at least 4 members (excludes halogenated alkanes) is 1. The molecule has 0 amide bonds. The minimum absolute atomic E-state index is 0. The second-order valence-electron chi connectivity index (χ2n) is 6.37. The summed E-state index contributed by atoms with van der Waals surface area (Å²) in [6.07, 6.45) is 2.23. The number of aromatic nitrogens is 3. The van der Waals surface area contributed by atoms with Gasteiger partial charge in [-0.2, -0.15) is 0 Å². The Balaban J connectivity index is 0.00000392. The van der Waals surface area contributed by atoms with Gasteiger partial charge in [0.2, 0.25) is 0 Å². The largest absolute Gasteiger partial charge is 0.492 e. The van der Waals surface area contributed by atoms with Crippen molar-refractivity contribution in [2.75, 3.05) is 26.7 Å². The first-order valence-electron chi connectivity index (χ1n) is 9.24. The maximum absolute atomic E-state index is 5.90. The predicted molar refractivity (Wildman–Crippen MR) is 125 cm³/mol. The minimum atomic E-state index is 0. The highest BCUT2D eigenvalue weighted by atomic mass is 127. The lowest BCUT2D eigenvalue weighted by Gasteiger charge is -2.22. The summed E-state index contributed by atoms with van der Waals surface area (Å²) in [6, 6.07) is 7.38. The highest BCUT2D eigenvalue weighted by molar-refractivity contribution is 14.0. The van der Waals surface area contributed by atoms with Crippen molar-refractivity contribution in [3.8, 4) is 5.75 Å². The van der Waals surface area contributed by atoms with Crippen LogP contribution in [0.15, 0.2) is 29.3 Å². The lowest BCUT2D eigenvalue weighted by atomic mass is 10.3. The van der Waals surface area contributed by atoms with Crippen molar-refractivity contribution >= 4 is 41.5 Å². The van der Waals surface area contributed by atoms with E-state index in [0.717, 1.165) is 42.7 Å². The average molecular weight is 521 g/mol. The van der Waals surface area contributed by atoms with E-state index < -0.39 is 0 Å². The summed E-state index contributed by atoms with van der Waals surface area (Å²) in [5.41, 5.74) is 0. The molecule has 0 saturated heterocycles. The molecule has 2 rings (SSSR count). The van der Waals surface area contributed by atoms with Crippen molar-refractivity contribution in [2.45, 2.75) is 33.2 Å². The number of nitrogens with one attached hydrogen (secondary N) is 1. The third kappa shape index (κ3) is 7.83. The molecular formula is C19H30ClIN6O. The molecule has 0 aliphatic rings. The molecule has 0 radical (unpaired) electrons. The van der Waals surface area contributed by atoms with Crippen molar-refractivity contribution < 1.29 is 4.74 Å². The summed E-state index contributed by atoms with van der Waals surface area (Å²) in [4.78, 5) is 6.78. The van der Waals surface area contributed by atoms with E-state index in [4.69, 9.17) is 21.3 Å². The molecule has 2 aromatic rings. The van der Waals surface area contributed by atoms with Crippen LogP contribution >= 0.6 is 35.6 Å². The minimum Gasteiger partial charge on any atom is -0.492 e. The van der Waals surface area contributed by atoms with Crippen LogP contribution in [0.25, 0.3) is 0 Å². The first kappa shape index (κ1) is 24.5.